The van der Waals surface area contributed by atoms with Crippen LogP contribution in [0.25, 0.3) is 0 Å². The molecule has 2 aliphatic heterocycles. The molecule has 0 saturated carbocycles. The molecule has 0 aromatic heterocycles. The van der Waals surface area contributed by atoms with E-state index in [-0.39, 0.29) is 30.3 Å². The van der Waals surface area contributed by atoms with Crippen molar-refractivity contribution in [2.75, 3.05) is 5.32 Å². The molecule has 6 nitrogen and oxygen atoms in total. The molecule has 0 spiro atoms. The standard InChI is InChI=1S/C29H40N4O2/c1-4-5-12-27(33-18(2)8-6-9-19(33)3)25-13-20(17-34)14-26-24(25)16-23(29(35)32-26)21-10-7-11-22(15-21)28(30)31/h7,10-11,13-15,18-19,23,27,34H,4-6,8-9,12,16-17H2,1-3H3,(H3,30,31)(H,32,35). The van der Waals surface area contributed by atoms with Crippen molar-refractivity contribution in [1.82, 2.24) is 4.90 Å². The number of carbonyl (C=O) groups excluding carboxylic acids is 1. The molecule has 0 bridgehead atoms. The second-order valence-electron chi connectivity index (χ2n) is 10.4. The van der Waals surface area contributed by atoms with Gasteiger partial charge in [-0.2, -0.15) is 0 Å². The second-order valence-corrected chi connectivity index (χ2v) is 10.4. The molecule has 2 aromatic carbocycles. The third-order valence-electron chi connectivity index (χ3n) is 7.92. The molecule has 2 aliphatic rings. The smallest absolute Gasteiger partial charge is 0.232 e. The zero-order valence-corrected chi connectivity index (χ0v) is 21.3. The zero-order valence-electron chi connectivity index (χ0n) is 21.3. The Kier molecular flexibility index (Phi) is 7.92. The van der Waals surface area contributed by atoms with Gasteiger partial charge in [0.25, 0.3) is 0 Å². The first kappa shape index (κ1) is 25.4. The van der Waals surface area contributed by atoms with Crippen molar-refractivity contribution in [2.45, 2.75) is 96.4 Å². The van der Waals surface area contributed by atoms with E-state index in [4.69, 9.17) is 11.1 Å². The molecule has 0 aliphatic carbocycles. The highest BCUT2D eigenvalue weighted by Crippen LogP contribution is 2.42. The van der Waals surface area contributed by atoms with Crippen LogP contribution in [-0.4, -0.2) is 33.8 Å². The van der Waals surface area contributed by atoms with Crippen molar-refractivity contribution in [3.05, 3.63) is 64.2 Å². The van der Waals surface area contributed by atoms with Crippen LogP contribution in [0.3, 0.4) is 0 Å². The molecule has 0 radical (unpaired) electrons. The summed E-state index contributed by atoms with van der Waals surface area (Å²) in [4.78, 5) is 15.9. The van der Waals surface area contributed by atoms with Gasteiger partial charge in [0.05, 0.1) is 12.5 Å². The molecular formula is C29H40N4O2. The molecule has 1 saturated heterocycles. The third kappa shape index (κ3) is 5.29. The summed E-state index contributed by atoms with van der Waals surface area (Å²) in [5.74, 6) is -0.392. The number of piperidine rings is 1. The quantitative estimate of drug-likeness (QED) is 0.309. The Morgan fingerprint density at radius 1 is 1.23 bits per heavy atom. The summed E-state index contributed by atoms with van der Waals surface area (Å²) in [6.07, 6.45) is 7.59. The third-order valence-corrected chi connectivity index (χ3v) is 7.92. The van der Waals surface area contributed by atoms with E-state index in [1.165, 1.54) is 30.4 Å². The van der Waals surface area contributed by atoms with E-state index in [0.29, 0.717) is 24.1 Å². The number of unbranched alkanes of at least 4 members (excludes halogenated alkanes) is 1. The fourth-order valence-electron chi connectivity index (χ4n) is 6.11. The average Bonchev–Trinajstić information content (AvgIpc) is 2.84. The van der Waals surface area contributed by atoms with Gasteiger partial charge in [-0.15, -0.1) is 0 Å². The Morgan fingerprint density at radius 2 is 1.97 bits per heavy atom. The van der Waals surface area contributed by atoms with E-state index in [0.717, 1.165) is 36.1 Å². The summed E-state index contributed by atoms with van der Waals surface area (Å²) in [5.41, 5.74) is 11.3. The lowest BCUT2D eigenvalue weighted by Crippen LogP contribution is -2.46. The first-order chi connectivity index (χ1) is 16.8. The maximum Gasteiger partial charge on any atom is 0.232 e. The van der Waals surface area contributed by atoms with Crippen molar-refractivity contribution in [2.24, 2.45) is 5.73 Å². The van der Waals surface area contributed by atoms with E-state index in [1.807, 2.05) is 24.3 Å². The first-order valence-corrected chi connectivity index (χ1v) is 13.1. The van der Waals surface area contributed by atoms with Gasteiger partial charge in [0.1, 0.15) is 5.84 Å². The summed E-state index contributed by atoms with van der Waals surface area (Å²) >= 11 is 0. The Hall–Kier alpha value is -2.70. The number of aliphatic hydroxyl groups excluding tert-OH is 1. The lowest BCUT2D eigenvalue weighted by molar-refractivity contribution is -0.117. The van der Waals surface area contributed by atoms with Crippen LogP contribution in [0.2, 0.25) is 0 Å². The number of rotatable bonds is 8. The highest BCUT2D eigenvalue weighted by Gasteiger charge is 2.36. The number of amides is 1. The molecular weight excluding hydrogens is 436 g/mol. The number of benzene rings is 2. The highest BCUT2D eigenvalue weighted by atomic mass is 16.3. The molecule has 4 unspecified atom stereocenters. The Balaban J connectivity index is 1.80. The number of hydrogen-bond donors (Lipinski definition) is 4. The van der Waals surface area contributed by atoms with Crippen LogP contribution in [0.1, 0.15) is 99.1 Å². The number of anilines is 1. The van der Waals surface area contributed by atoms with Gasteiger partial charge in [-0.05, 0) is 73.9 Å². The van der Waals surface area contributed by atoms with Crippen LogP contribution in [-0.2, 0) is 17.8 Å². The minimum Gasteiger partial charge on any atom is -0.392 e. The number of amidine groups is 1. The average molecular weight is 477 g/mol. The summed E-state index contributed by atoms with van der Waals surface area (Å²) in [6, 6.07) is 12.8. The molecule has 4 rings (SSSR count). The van der Waals surface area contributed by atoms with Crippen molar-refractivity contribution in [3.63, 3.8) is 0 Å². The molecule has 35 heavy (non-hydrogen) atoms. The number of nitrogens with zero attached hydrogens (tertiary/aromatic N) is 1. The van der Waals surface area contributed by atoms with Crippen molar-refractivity contribution in [3.8, 4) is 0 Å². The van der Waals surface area contributed by atoms with Crippen molar-refractivity contribution in [1.29, 1.82) is 5.41 Å². The van der Waals surface area contributed by atoms with Crippen LogP contribution in [0.5, 0.6) is 0 Å². The zero-order chi connectivity index (χ0) is 25.1. The van der Waals surface area contributed by atoms with Crippen LogP contribution < -0.4 is 11.1 Å². The number of aliphatic hydroxyl groups is 1. The predicted octanol–water partition coefficient (Wildman–Crippen LogP) is 5.24. The number of hydrogen-bond acceptors (Lipinski definition) is 4. The molecule has 5 N–H and O–H groups in total. The van der Waals surface area contributed by atoms with Gasteiger partial charge in [0.15, 0.2) is 0 Å². The van der Waals surface area contributed by atoms with E-state index in [2.05, 4.69) is 37.1 Å². The number of nitrogens with one attached hydrogen (secondary N) is 2. The largest absolute Gasteiger partial charge is 0.392 e. The minimum absolute atomic E-state index is 0.00412. The molecule has 6 heteroatoms. The molecule has 1 amide bonds. The van der Waals surface area contributed by atoms with Gasteiger partial charge in [-0.25, -0.2) is 0 Å². The Morgan fingerprint density at radius 3 is 2.63 bits per heavy atom. The highest BCUT2D eigenvalue weighted by molar-refractivity contribution is 6.00. The Bertz CT molecular complexity index is 1070. The van der Waals surface area contributed by atoms with Gasteiger partial charge in [0.2, 0.25) is 5.91 Å². The number of nitrogen functional groups attached to an aromatic ring is 1. The molecule has 1 fully saturated rings. The molecule has 4 atom stereocenters. The van der Waals surface area contributed by atoms with Crippen LogP contribution >= 0.6 is 0 Å². The molecule has 2 aromatic rings. The molecule has 188 valence electrons. The van der Waals surface area contributed by atoms with Crippen LogP contribution in [0.15, 0.2) is 36.4 Å². The minimum atomic E-state index is -0.344. The fourth-order valence-corrected chi connectivity index (χ4v) is 6.11. The van der Waals surface area contributed by atoms with Gasteiger partial charge in [0, 0.05) is 29.4 Å². The summed E-state index contributed by atoms with van der Waals surface area (Å²) < 4.78 is 0. The topological polar surface area (TPSA) is 102 Å². The van der Waals surface area contributed by atoms with Crippen molar-refractivity contribution < 1.29 is 9.90 Å². The summed E-state index contributed by atoms with van der Waals surface area (Å²) in [5, 5.41) is 21.0. The monoisotopic (exact) mass is 476 g/mol. The number of nitrogens with two attached hydrogens (primary N) is 1. The van der Waals surface area contributed by atoms with Crippen LogP contribution in [0, 0.1) is 5.41 Å². The van der Waals surface area contributed by atoms with E-state index in [1.54, 1.807) is 6.07 Å². The van der Waals surface area contributed by atoms with Gasteiger partial charge in [-0.1, -0.05) is 50.5 Å². The number of likely N-dealkylation sites (tertiary alicyclic amines) is 1. The van der Waals surface area contributed by atoms with Crippen molar-refractivity contribution >= 4 is 17.4 Å². The Labute approximate surface area is 209 Å². The first-order valence-electron chi connectivity index (χ1n) is 13.1. The maximum absolute atomic E-state index is 13.2. The van der Waals surface area contributed by atoms with E-state index in [9.17, 15) is 9.90 Å². The fraction of sp³-hybridized carbons (Fsp3) is 0.517. The summed E-state index contributed by atoms with van der Waals surface area (Å²) in [6.45, 7) is 6.87. The van der Waals surface area contributed by atoms with Crippen LogP contribution in [0.4, 0.5) is 5.69 Å². The summed E-state index contributed by atoms with van der Waals surface area (Å²) in [7, 11) is 0. The van der Waals surface area contributed by atoms with Gasteiger partial charge in [-0.3, -0.25) is 15.1 Å². The SMILES string of the molecule is CCCCC(c1cc(CO)cc2c1CC(c1cccc(C(=N)N)c1)C(=O)N2)N1C(C)CCCC1C. The second kappa shape index (κ2) is 10.9. The van der Waals surface area contributed by atoms with Gasteiger partial charge < -0.3 is 16.2 Å². The maximum atomic E-state index is 13.2. The number of fused-ring (bicyclic) bond motifs is 1. The predicted molar refractivity (Wildman–Crippen MR) is 142 cm³/mol. The lowest BCUT2D eigenvalue weighted by atomic mass is 9.80. The van der Waals surface area contributed by atoms with E-state index >= 15 is 0 Å². The lowest BCUT2D eigenvalue weighted by Gasteiger charge is -2.46. The van der Waals surface area contributed by atoms with Gasteiger partial charge >= 0.3 is 0 Å². The molecule has 2 heterocycles. The number of carbonyl (C=O) groups is 1. The van der Waals surface area contributed by atoms with E-state index < -0.39 is 0 Å². The normalized spacial score (nSPS) is 23.4.